The van der Waals surface area contributed by atoms with Gasteiger partial charge in [0.05, 0.1) is 16.9 Å². The Hall–Kier alpha value is -2.17. The van der Waals surface area contributed by atoms with Crippen LogP contribution in [0.1, 0.15) is 18.9 Å². The molecule has 0 bridgehead atoms. The lowest BCUT2D eigenvalue weighted by atomic mass is 10.1. The van der Waals surface area contributed by atoms with E-state index in [1.165, 1.54) is 11.9 Å². The molecule has 0 atom stereocenters. The molecule has 4 rings (SSSR count). The second kappa shape index (κ2) is 8.47. The summed E-state index contributed by atoms with van der Waals surface area (Å²) in [7, 11) is 0. The smallest absolute Gasteiger partial charge is 0.259 e. The van der Waals surface area contributed by atoms with Crippen molar-refractivity contribution < 1.29 is 15.7 Å². The molecule has 0 amide bonds. The highest BCUT2D eigenvalue weighted by atomic mass is 32.2. The van der Waals surface area contributed by atoms with E-state index in [-0.39, 0.29) is 22.6 Å². The Morgan fingerprint density at radius 3 is 2.50 bits per heavy atom. The third-order valence-corrected chi connectivity index (χ3v) is 4.98. The van der Waals surface area contributed by atoms with Crippen molar-refractivity contribution in [2.24, 2.45) is 5.14 Å². The number of ether oxygens (including phenoxy) is 1. The van der Waals surface area contributed by atoms with E-state index in [1.54, 1.807) is 6.20 Å². The monoisotopic (exact) mass is 378 g/mol. The van der Waals surface area contributed by atoms with E-state index in [1.807, 2.05) is 35.0 Å². The standard InChI is InChI=1S/C17H18N4O2S.2H2O/c18-24-13-3-1-11(2-4-13)16-15-14(5-8-19-17(15)22)21(20-16)12-6-9-23-10-7-12;;/h1-5,8,12H,6-7,9-10,18H2,(H,19,22);2*1H2. The SMILES string of the molecule is NSc1ccc(-c2nn(C3CCOCC3)c3cc[nH]c(=O)c23)cc1.O.O. The Balaban J connectivity index is 0.00000121. The molecule has 0 unspecified atom stereocenters. The first-order valence-electron chi connectivity index (χ1n) is 7.93. The van der Waals surface area contributed by atoms with Crippen molar-refractivity contribution in [3.63, 3.8) is 0 Å². The number of hydrogen-bond acceptors (Lipinski definition) is 5. The van der Waals surface area contributed by atoms with E-state index in [9.17, 15) is 4.79 Å². The van der Waals surface area contributed by atoms with Crippen LogP contribution in [0.3, 0.4) is 0 Å². The molecule has 0 aliphatic carbocycles. The molecule has 26 heavy (non-hydrogen) atoms. The van der Waals surface area contributed by atoms with Crippen LogP contribution in [0.5, 0.6) is 0 Å². The van der Waals surface area contributed by atoms with Gasteiger partial charge in [0, 0.05) is 29.9 Å². The Bertz CT molecular complexity index is 917. The van der Waals surface area contributed by atoms with E-state index >= 15 is 0 Å². The molecule has 3 heterocycles. The zero-order valence-electron chi connectivity index (χ0n) is 14.1. The molecule has 0 saturated carbocycles. The summed E-state index contributed by atoms with van der Waals surface area (Å²) in [5.41, 5.74) is 2.39. The predicted octanol–water partition coefficient (Wildman–Crippen LogP) is 1.06. The van der Waals surface area contributed by atoms with E-state index in [2.05, 4.69) is 4.98 Å². The van der Waals surface area contributed by atoms with Crippen LogP contribution in [-0.2, 0) is 4.74 Å². The van der Waals surface area contributed by atoms with Gasteiger partial charge in [0.1, 0.15) is 5.69 Å². The lowest BCUT2D eigenvalue weighted by Crippen LogP contribution is -2.20. The van der Waals surface area contributed by atoms with Crippen molar-refractivity contribution in [1.29, 1.82) is 0 Å². The third kappa shape index (κ3) is 3.53. The Labute approximate surface area is 154 Å². The van der Waals surface area contributed by atoms with Gasteiger partial charge in [-0.2, -0.15) is 5.10 Å². The van der Waals surface area contributed by atoms with Gasteiger partial charge in [-0.15, -0.1) is 0 Å². The van der Waals surface area contributed by atoms with E-state index in [4.69, 9.17) is 15.0 Å². The van der Waals surface area contributed by atoms with Crippen LogP contribution < -0.4 is 10.7 Å². The molecular formula is C17H22N4O4S. The van der Waals surface area contributed by atoms with Crippen LogP contribution in [-0.4, -0.2) is 38.9 Å². The number of fused-ring (bicyclic) bond motifs is 1. The lowest BCUT2D eigenvalue weighted by molar-refractivity contribution is 0.0675. The summed E-state index contributed by atoms with van der Waals surface area (Å²) in [5.74, 6) is 0. The molecule has 1 saturated heterocycles. The minimum atomic E-state index is -0.113. The average molecular weight is 378 g/mol. The number of rotatable bonds is 3. The van der Waals surface area contributed by atoms with E-state index < -0.39 is 0 Å². The fourth-order valence-electron chi connectivity index (χ4n) is 3.20. The van der Waals surface area contributed by atoms with Gasteiger partial charge in [0.2, 0.25) is 0 Å². The number of benzene rings is 1. The number of nitrogens with one attached hydrogen (secondary N) is 1. The molecule has 1 aromatic carbocycles. The molecule has 0 radical (unpaired) electrons. The molecule has 1 fully saturated rings. The van der Waals surface area contributed by atoms with Gasteiger partial charge in [-0.1, -0.05) is 12.1 Å². The second-order valence-electron chi connectivity index (χ2n) is 5.85. The molecule has 7 N–H and O–H groups in total. The van der Waals surface area contributed by atoms with Crippen LogP contribution >= 0.6 is 11.9 Å². The van der Waals surface area contributed by atoms with Gasteiger partial charge in [0.15, 0.2) is 0 Å². The number of aromatic amines is 1. The van der Waals surface area contributed by atoms with Crippen molar-refractivity contribution in [2.75, 3.05) is 13.2 Å². The molecule has 9 heteroatoms. The summed E-state index contributed by atoms with van der Waals surface area (Å²) in [5, 5.41) is 11.0. The van der Waals surface area contributed by atoms with Gasteiger partial charge in [0.25, 0.3) is 5.56 Å². The number of aromatic nitrogens is 3. The first-order chi connectivity index (χ1) is 11.8. The fourth-order valence-corrected chi connectivity index (χ4v) is 3.49. The van der Waals surface area contributed by atoms with Crippen LogP contribution in [0.2, 0.25) is 0 Å². The number of pyridine rings is 1. The summed E-state index contributed by atoms with van der Waals surface area (Å²) in [6, 6.07) is 9.98. The van der Waals surface area contributed by atoms with Crippen molar-refractivity contribution in [2.45, 2.75) is 23.8 Å². The maximum absolute atomic E-state index is 12.4. The largest absolute Gasteiger partial charge is 0.412 e. The van der Waals surface area contributed by atoms with Gasteiger partial charge in [-0.05, 0) is 43.0 Å². The number of nitrogens with zero attached hydrogens (tertiary/aromatic N) is 2. The fraction of sp³-hybridized carbons (Fsp3) is 0.294. The highest BCUT2D eigenvalue weighted by molar-refractivity contribution is 7.97. The maximum Gasteiger partial charge on any atom is 0.259 e. The van der Waals surface area contributed by atoms with Crippen molar-refractivity contribution in [1.82, 2.24) is 14.8 Å². The first kappa shape index (κ1) is 20.1. The second-order valence-corrected chi connectivity index (χ2v) is 6.55. The summed E-state index contributed by atoms with van der Waals surface area (Å²) >= 11 is 1.20. The minimum absolute atomic E-state index is 0. The van der Waals surface area contributed by atoms with Crippen molar-refractivity contribution in [3.05, 3.63) is 46.9 Å². The van der Waals surface area contributed by atoms with Gasteiger partial charge in [-0.3, -0.25) is 14.6 Å². The number of hydrogen-bond donors (Lipinski definition) is 2. The van der Waals surface area contributed by atoms with Gasteiger partial charge < -0.3 is 20.7 Å². The quantitative estimate of drug-likeness (QED) is 0.653. The zero-order chi connectivity index (χ0) is 16.5. The summed E-state index contributed by atoms with van der Waals surface area (Å²) < 4.78 is 7.44. The lowest BCUT2D eigenvalue weighted by Gasteiger charge is -2.23. The van der Waals surface area contributed by atoms with Crippen LogP contribution in [0.15, 0.2) is 46.2 Å². The average Bonchev–Trinajstić information content (AvgIpc) is 3.04. The molecule has 140 valence electrons. The molecule has 3 aromatic rings. The summed E-state index contributed by atoms with van der Waals surface area (Å²) in [6.07, 6.45) is 3.50. The normalized spacial score (nSPS) is 14.7. The highest BCUT2D eigenvalue weighted by Gasteiger charge is 2.22. The van der Waals surface area contributed by atoms with E-state index in [0.29, 0.717) is 11.1 Å². The highest BCUT2D eigenvalue weighted by Crippen LogP contribution is 2.31. The Morgan fingerprint density at radius 2 is 1.85 bits per heavy atom. The summed E-state index contributed by atoms with van der Waals surface area (Å²) in [6.45, 7) is 1.46. The van der Waals surface area contributed by atoms with Gasteiger partial charge >= 0.3 is 0 Å². The molecule has 2 aromatic heterocycles. The van der Waals surface area contributed by atoms with Crippen LogP contribution in [0.4, 0.5) is 0 Å². The summed E-state index contributed by atoms with van der Waals surface area (Å²) in [4.78, 5) is 16.2. The topological polar surface area (TPSA) is 149 Å². The zero-order valence-corrected chi connectivity index (χ0v) is 14.9. The third-order valence-electron chi connectivity index (χ3n) is 4.43. The molecule has 0 spiro atoms. The minimum Gasteiger partial charge on any atom is -0.412 e. The van der Waals surface area contributed by atoms with Crippen LogP contribution in [0, 0.1) is 0 Å². The molecule has 1 aliphatic rings. The maximum atomic E-state index is 12.4. The molecular weight excluding hydrogens is 356 g/mol. The first-order valence-corrected chi connectivity index (χ1v) is 8.80. The van der Waals surface area contributed by atoms with E-state index in [0.717, 1.165) is 42.0 Å². The number of nitrogens with two attached hydrogens (primary N) is 1. The van der Waals surface area contributed by atoms with Gasteiger partial charge in [-0.25, -0.2) is 0 Å². The number of H-pyrrole nitrogens is 1. The van der Waals surface area contributed by atoms with Crippen molar-refractivity contribution >= 4 is 22.9 Å². The van der Waals surface area contributed by atoms with Crippen LogP contribution in [0.25, 0.3) is 22.2 Å². The van der Waals surface area contributed by atoms with Crippen molar-refractivity contribution in [3.8, 4) is 11.3 Å². The molecule has 8 nitrogen and oxygen atoms in total. The Morgan fingerprint density at radius 1 is 1.15 bits per heavy atom. The predicted molar refractivity (Wildman–Crippen MR) is 102 cm³/mol. The molecule has 1 aliphatic heterocycles. The Kier molecular flexibility index (Phi) is 6.57.